The molecule has 0 spiro atoms. The van der Waals surface area contributed by atoms with Gasteiger partial charge in [-0.1, -0.05) is 91.0 Å². The smallest absolute Gasteiger partial charge is 0.194 e. The molecule has 0 aliphatic heterocycles. The van der Waals surface area contributed by atoms with Gasteiger partial charge in [-0.05, 0) is 13.8 Å². The first kappa shape index (κ1) is 17.5. The lowest BCUT2D eigenvalue weighted by atomic mass is 9.97. The van der Waals surface area contributed by atoms with Gasteiger partial charge in [0, 0.05) is 16.2 Å². The largest absolute Gasteiger partial charge is 0.336 e. The third-order valence-electron chi connectivity index (χ3n) is 3.88. The van der Waals surface area contributed by atoms with E-state index in [4.69, 9.17) is 4.52 Å². The number of carbonyl (C=O) groups is 1. The van der Waals surface area contributed by atoms with Crippen molar-refractivity contribution in [1.82, 2.24) is 0 Å². The standard InChI is InChI=1S/C22H21O2P/c1-22(2,21(23)18-12-6-3-7-13-18)24-25(19-14-8-4-9-15-19)20-16-10-5-11-17-20/h3-17H,1-2H3. The van der Waals surface area contributed by atoms with Gasteiger partial charge in [0.2, 0.25) is 0 Å². The van der Waals surface area contributed by atoms with Crippen molar-refractivity contribution in [3.8, 4) is 0 Å². The Bertz CT molecular complexity index is 775. The SMILES string of the molecule is CC(C)(OP(c1ccccc1)c1ccccc1)C(=O)c1ccccc1. The van der Waals surface area contributed by atoms with E-state index in [2.05, 4.69) is 24.3 Å². The van der Waals surface area contributed by atoms with E-state index in [1.807, 2.05) is 80.6 Å². The molecule has 2 nitrogen and oxygen atoms in total. The predicted molar refractivity (Wildman–Crippen MR) is 105 cm³/mol. The van der Waals surface area contributed by atoms with Crippen LogP contribution in [0, 0.1) is 0 Å². The molecule has 25 heavy (non-hydrogen) atoms. The molecule has 0 saturated carbocycles. The lowest BCUT2D eigenvalue weighted by Crippen LogP contribution is -2.36. The monoisotopic (exact) mass is 348 g/mol. The topological polar surface area (TPSA) is 26.3 Å². The third-order valence-corrected chi connectivity index (χ3v) is 6.06. The highest BCUT2D eigenvalue weighted by Gasteiger charge is 2.34. The Kier molecular flexibility index (Phi) is 5.43. The minimum absolute atomic E-state index is 0.00698. The van der Waals surface area contributed by atoms with E-state index in [9.17, 15) is 4.79 Å². The van der Waals surface area contributed by atoms with Crippen molar-refractivity contribution in [3.63, 3.8) is 0 Å². The zero-order chi connectivity index (χ0) is 17.7. The Morgan fingerprint density at radius 2 is 1.12 bits per heavy atom. The molecule has 0 aliphatic carbocycles. The predicted octanol–water partition coefficient (Wildman–Crippen LogP) is 4.71. The molecule has 126 valence electrons. The Balaban J connectivity index is 1.93. The van der Waals surface area contributed by atoms with Crippen LogP contribution in [0.15, 0.2) is 91.0 Å². The van der Waals surface area contributed by atoms with Gasteiger partial charge >= 0.3 is 0 Å². The highest BCUT2D eigenvalue weighted by molar-refractivity contribution is 7.68. The second-order valence-corrected chi connectivity index (χ2v) is 8.07. The summed E-state index contributed by atoms with van der Waals surface area (Å²) in [5.41, 5.74) is -0.248. The van der Waals surface area contributed by atoms with Crippen molar-refractivity contribution in [3.05, 3.63) is 96.6 Å². The van der Waals surface area contributed by atoms with E-state index in [-0.39, 0.29) is 5.78 Å². The first-order valence-electron chi connectivity index (χ1n) is 8.27. The van der Waals surface area contributed by atoms with Gasteiger partial charge in [-0.3, -0.25) is 4.79 Å². The molecule has 0 fully saturated rings. The van der Waals surface area contributed by atoms with Gasteiger partial charge < -0.3 is 4.52 Å². The number of rotatable bonds is 6. The maximum atomic E-state index is 12.9. The van der Waals surface area contributed by atoms with Crippen LogP contribution in [-0.4, -0.2) is 11.4 Å². The number of hydrogen-bond acceptors (Lipinski definition) is 2. The molecule has 3 aromatic carbocycles. The fourth-order valence-electron chi connectivity index (χ4n) is 2.59. The van der Waals surface area contributed by atoms with Gasteiger partial charge in [-0.25, -0.2) is 0 Å². The quantitative estimate of drug-likeness (QED) is 0.476. The van der Waals surface area contributed by atoms with Gasteiger partial charge in [-0.15, -0.1) is 0 Å². The average molecular weight is 348 g/mol. The molecule has 3 aromatic rings. The Morgan fingerprint density at radius 1 is 0.720 bits per heavy atom. The van der Waals surface area contributed by atoms with E-state index in [1.165, 1.54) is 0 Å². The van der Waals surface area contributed by atoms with E-state index >= 15 is 0 Å². The van der Waals surface area contributed by atoms with E-state index in [1.54, 1.807) is 0 Å². The summed E-state index contributed by atoms with van der Waals surface area (Å²) in [5, 5.41) is 2.19. The average Bonchev–Trinajstić information content (AvgIpc) is 2.67. The van der Waals surface area contributed by atoms with Crippen molar-refractivity contribution in [2.24, 2.45) is 0 Å². The lowest BCUT2D eigenvalue weighted by Gasteiger charge is -2.30. The molecule has 0 N–H and O–H groups in total. The molecular formula is C22H21O2P. The van der Waals surface area contributed by atoms with Crippen LogP contribution >= 0.6 is 8.15 Å². The Morgan fingerprint density at radius 3 is 1.56 bits per heavy atom. The first-order valence-corrected chi connectivity index (χ1v) is 9.53. The Labute approximate surface area is 150 Å². The summed E-state index contributed by atoms with van der Waals surface area (Å²) in [6.45, 7) is 3.70. The number of Topliss-reactive ketones (excluding diaryl/α,β-unsaturated/α-hetero) is 1. The van der Waals surface area contributed by atoms with E-state index < -0.39 is 13.7 Å². The van der Waals surface area contributed by atoms with Crippen LogP contribution in [0.4, 0.5) is 0 Å². The number of hydrogen-bond donors (Lipinski definition) is 0. The molecule has 3 heteroatoms. The normalized spacial score (nSPS) is 11.5. The minimum atomic E-state index is -1.08. The van der Waals surface area contributed by atoms with Gasteiger partial charge in [0.15, 0.2) is 5.78 Å². The summed E-state index contributed by atoms with van der Waals surface area (Å²) in [4.78, 5) is 12.9. The molecule has 0 amide bonds. The zero-order valence-corrected chi connectivity index (χ0v) is 15.3. The van der Waals surface area contributed by atoms with Crippen LogP contribution in [0.3, 0.4) is 0 Å². The molecule has 3 rings (SSSR count). The number of benzene rings is 3. The molecule has 0 aliphatic rings. The van der Waals surface area contributed by atoms with Gasteiger partial charge in [0.1, 0.15) is 5.60 Å². The highest BCUT2D eigenvalue weighted by Crippen LogP contribution is 2.40. The number of carbonyl (C=O) groups excluding carboxylic acids is 1. The maximum absolute atomic E-state index is 12.9. The molecule has 0 saturated heterocycles. The van der Waals surface area contributed by atoms with Crippen LogP contribution in [0.2, 0.25) is 0 Å². The summed E-state index contributed by atoms with van der Waals surface area (Å²) in [5.74, 6) is -0.00698. The second kappa shape index (κ2) is 7.74. The molecule has 0 heterocycles. The molecule has 0 bridgehead atoms. The zero-order valence-electron chi connectivity index (χ0n) is 14.4. The van der Waals surface area contributed by atoms with E-state index in [0.29, 0.717) is 5.56 Å². The molecule has 0 radical (unpaired) electrons. The summed E-state index contributed by atoms with van der Waals surface area (Å²) in [6.07, 6.45) is 0. The summed E-state index contributed by atoms with van der Waals surface area (Å²) in [7, 11) is -1.08. The maximum Gasteiger partial charge on any atom is 0.194 e. The van der Waals surface area contributed by atoms with Crippen LogP contribution < -0.4 is 10.6 Å². The molecule has 0 aromatic heterocycles. The van der Waals surface area contributed by atoms with Crippen LogP contribution in [-0.2, 0) is 4.52 Å². The third kappa shape index (κ3) is 4.22. The lowest BCUT2D eigenvalue weighted by molar-refractivity contribution is 0.0633. The van der Waals surface area contributed by atoms with Gasteiger partial charge in [0.25, 0.3) is 0 Å². The van der Waals surface area contributed by atoms with Gasteiger partial charge in [-0.2, -0.15) is 0 Å². The van der Waals surface area contributed by atoms with Crippen molar-refractivity contribution in [2.75, 3.05) is 0 Å². The summed E-state index contributed by atoms with van der Waals surface area (Å²) >= 11 is 0. The molecular weight excluding hydrogens is 327 g/mol. The minimum Gasteiger partial charge on any atom is -0.336 e. The van der Waals surface area contributed by atoms with Gasteiger partial charge in [0.05, 0.1) is 8.15 Å². The molecule has 0 unspecified atom stereocenters. The number of ketones is 1. The fourth-order valence-corrected chi connectivity index (χ4v) is 4.52. The van der Waals surface area contributed by atoms with E-state index in [0.717, 1.165) is 10.6 Å². The second-order valence-electron chi connectivity index (χ2n) is 6.26. The van der Waals surface area contributed by atoms with Crippen molar-refractivity contribution in [2.45, 2.75) is 19.4 Å². The van der Waals surface area contributed by atoms with Crippen molar-refractivity contribution >= 4 is 24.5 Å². The van der Waals surface area contributed by atoms with Crippen molar-refractivity contribution < 1.29 is 9.32 Å². The summed E-state index contributed by atoms with van der Waals surface area (Å²) < 4.78 is 6.44. The summed E-state index contributed by atoms with van der Waals surface area (Å²) in [6, 6.07) is 29.5. The first-order chi connectivity index (χ1) is 12.1. The highest BCUT2D eigenvalue weighted by atomic mass is 31.1. The van der Waals surface area contributed by atoms with Crippen molar-refractivity contribution in [1.29, 1.82) is 0 Å². The van der Waals surface area contributed by atoms with Crippen LogP contribution in [0.25, 0.3) is 0 Å². The Hall–Kier alpha value is -2.28. The van der Waals surface area contributed by atoms with Crippen LogP contribution in [0.1, 0.15) is 24.2 Å². The fraction of sp³-hybridized carbons (Fsp3) is 0.136. The van der Waals surface area contributed by atoms with Crippen LogP contribution in [0.5, 0.6) is 0 Å². The molecule has 0 atom stereocenters.